The number of hydrogen-bond acceptors (Lipinski definition) is 6. The molecule has 102 valence electrons. The van der Waals surface area contributed by atoms with Crippen LogP contribution in [0.1, 0.15) is 17.8 Å². The van der Waals surface area contributed by atoms with Crippen LogP contribution in [0, 0.1) is 21.4 Å². The van der Waals surface area contributed by atoms with E-state index in [0.29, 0.717) is 12.2 Å². The van der Waals surface area contributed by atoms with Crippen molar-refractivity contribution in [2.24, 2.45) is 0 Å². The van der Waals surface area contributed by atoms with Gasteiger partial charge < -0.3 is 5.32 Å². The number of nitro groups is 1. The van der Waals surface area contributed by atoms with Gasteiger partial charge in [-0.1, -0.05) is 0 Å². The smallest absolute Gasteiger partial charge is 0.270 e. The van der Waals surface area contributed by atoms with Crippen molar-refractivity contribution in [3.05, 3.63) is 46.0 Å². The number of aromatic nitrogens is 3. The van der Waals surface area contributed by atoms with Crippen molar-refractivity contribution in [1.82, 2.24) is 15.2 Å². The van der Waals surface area contributed by atoms with E-state index in [1.165, 1.54) is 18.5 Å². The number of anilines is 1. The van der Waals surface area contributed by atoms with E-state index in [2.05, 4.69) is 20.5 Å². The fourth-order valence-electron chi connectivity index (χ4n) is 1.72. The zero-order valence-electron chi connectivity index (χ0n) is 10.5. The van der Waals surface area contributed by atoms with Gasteiger partial charge in [0, 0.05) is 25.1 Å². The molecule has 8 nitrogen and oxygen atoms in total. The number of H-pyrrole nitrogens is 1. The number of nitro benzene ring substituents is 1. The molecule has 2 rings (SSSR count). The molecule has 0 atom stereocenters. The molecule has 2 N–H and O–H groups in total. The van der Waals surface area contributed by atoms with Crippen molar-refractivity contribution in [2.45, 2.75) is 12.8 Å². The Morgan fingerprint density at radius 1 is 1.50 bits per heavy atom. The number of benzene rings is 1. The SMILES string of the molecule is N#Cc1cc([N+](=O)[O-])ccc1NCCCc1ncn[nH]1. The highest BCUT2D eigenvalue weighted by Gasteiger charge is 2.10. The van der Waals surface area contributed by atoms with E-state index in [1.54, 1.807) is 6.07 Å². The molecule has 1 heterocycles. The molecule has 0 saturated carbocycles. The van der Waals surface area contributed by atoms with Gasteiger partial charge in [-0.15, -0.1) is 0 Å². The second-order valence-electron chi connectivity index (χ2n) is 4.06. The number of nitrogens with one attached hydrogen (secondary N) is 2. The van der Waals surface area contributed by atoms with Gasteiger partial charge in [-0.05, 0) is 12.5 Å². The first-order valence-electron chi connectivity index (χ1n) is 5.97. The molecule has 0 aliphatic rings. The van der Waals surface area contributed by atoms with Crippen molar-refractivity contribution in [2.75, 3.05) is 11.9 Å². The number of non-ortho nitro benzene ring substituents is 1. The summed E-state index contributed by atoms with van der Waals surface area (Å²) in [5.74, 6) is 0.802. The molecule has 20 heavy (non-hydrogen) atoms. The molecule has 0 aliphatic carbocycles. The molecule has 0 aliphatic heterocycles. The maximum atomic E-state index is 10.6. The van der Waals surface area contributed by atoms with Crippen molar-refractivity contribution < 1.29 is 4.92 Å². The molecule has 0 bridgehead atoms. The average molecular weight is 272 g/mol. The molecule has 0 fully saturated rings. The van der Waals surface area contributed by atoms with Gasteiger partial charge in [-0.3, -0.25) is 15.2 Å². The van der Waals surface area contributed by atoms with Crippen LogP contribution in [0.2, 0.25) is 0 Å². The second kappa shape index (κ2) is 6.29. The number of rotatable bonds is 6. The minimum absolute atomic E-state index is 0.0891. The van der Waals surface area contributed by atoms with Crippen molar-refractivity contribution in [3.8, 4) is 6.07 Å². The Morgan fingerprint density at radius 3 is 3.00 bits per heavy atom. The van der Waals surface area contributed by atoms with Crippen LogP contribution in [-0.2, 0) is 6.42 Å². The van der Waals surface area contributed by atoms with Crippen molar-refractivity contribution >= 4 is 11.4 Å². The van der Waals surface area contributed by atoms with Crippen LogP contribution in [0.3, 0.4) is 0 Å². The molecule has 2 aromatic rings. The van der Waals surface area contributed by atoms with E-state index in [1.807, 2.05) is 6.07 Å². The third-order valence-electron chi connectivity index (χ3n) is 2.71. The molecule has 0 amide bonds. The lowest BCUT2D eigenvalue weighted by molar-refractivity contribution is -0.384. The first kappa shape index (κ1) is 13.5. The lowest BCUT2D eigenvalue weighted by Crippen LogP contribution is -2.05. The summed E-state index contributed by atoms with van der Waals surface area (Å²) in [5, 5.41) is 29.2. The molecule has 1 aromatic heterocycles. The Balaban J connectivity index is 1.92. The maximum absolute atomic E-state index is 10.6. The van der Waals surface area contributed by atoms with Gasteiger partial charge in [0.1, 0.15) is 18.2 Å². The Morgan fingerprint density at radius 2 is 2.35 bits per heavy atom. The molecule has 8 heteroatoms. The summed E-state index contributed by atoms with van der Waals surface area (Å²) >= 11 is 0. The summed E-state index contributed by atoms with van der Waals surface area (Å²) in [6.07, 6.45) is 2.99. The minimum atomic E-state index is -0.519. The van der Waals surface area contributed by atoms with Crippen LogP contribution in [-0.4, -0.2) is 26.6 Å². The normalized spacial score (nSPS) is 9.95. The van der Waals surface area contributed by atoms with Crippen LogP contribution in [0.15, 0.2) is 24.5 Å². The highest BCUT2D eigenvalue weighted by Crippen LogP contribution is 2.21. The number of hydrogen-bond donors (Lipinski definition) is 2. The third kappa shape index (κ3) is 3.29. The Bertz CT molecular complexity index is 632. The van der Waals surface area contributed by atoms with E-state index >= 15 is 0 Å². The Labute approximate surface area is 114 Å². The van der Waals surface area contributed by atoms with E-state index in [9.17, 15) is 10.1 Å². The Hall–Kier alpha value is -2.95. The zero-order valence-corrected chi connectivity index (χ0v) is 10.5. The number of aryl methyl sites for hydroxylation is 1. The summed E-state index contributed by atoms with van der Waals surface area (Å²) in [6, 6.07) is 6.13. The van der Waals surface area contributed by atoms with E-state index < -0.39 is 4.92 Å². The summed E-state index contributed by atoms with van der Waals surface area (Å²) in [4.78, 5) is 14.1. The highest BCUT2D eigenvalue weighted by molar-refractivity contribution is 5.61. The summed E-state index contributed by atoms with van der Waals surface area (Å²) < 4.78 is 0. The van der Waals surface area contributed by atoms with Gasteiger partial charge in [0.25, 0.3) is 5.69 Å². The fourth-order valence-corrected chi connectivity index (χ4v) is 1.72. The van der Waals surface area contributed by atoms with Crippen LogP contribution >= 0.6 is 0 Å². The summed E-state index contributed by atoms with van der Waals surface area (Å²) in [7, 11) is 0. The standard InChI is InChI=1S/C12H12N6O2/c13-7-9-6-10(18(19)20)3-4-11(9)14-5-1-2-12-15-8-16-17-12/h3-4,6,8,14H,1-2,5H2,(H,15,16,17). The largest absolute Gasteiger partial charge is 0.384 e. The predicted octanol–water partition coefficient (Wildman–Crippen LogP) is 1.63. The zero-order chi connectivity index (χ0) is 14.4. The highest BCUT2D eigenvalue weighted by atomic mass is 16.6. The van der Waals surface area contributed by atoms with Crippen molar-refractivity contribution in [1.29, 1.82) is 5.26 Å². The minimum Gasteiger partial charge on any atom is -0.384 e. The van der Waals surface area contributed by atoms with E-state index in [-0.39, 0.29) is 11.3 Å². The van der Waals surface area contributed by atoms with Crippen LogP contribution in [0.4, 0.5) is 11.4 Å². The number of aromatic amines is 1. The fraction of sp³-hybridized carbons (Fsp3) is 0.250. The van der Waals surface area contributed by atoms with Gasteiger partial charge in [0.05, 0.1) is 16.2 Å². The van der Waals surface area contributed by atoms with E-state index in [4.69, 9.17) is 5.26 Å². The summed E-state index contributed by atoms with van der Waals surface area (Å²) in [6.45, 7) is 0.632. The number of nitrogens with zero attached hydrogens (tertiary/aromatic N) is 4. The van der Waals surface area contributed by atoms with Crippen LogP contribution in [0.5, 0.6) is 0 Å². The van der Waals surface area contributed by atoms with Gasteiger partial charge in [0.2, 0.25) is 0 Å². The van der Waals surface area contributed by atoms with Crippen LogP contribution < -0.4 is 5.32 Å². The quantitative estimate of drug-likeness (QED) is 0.468. The predicted molar refractivity (Wildman–Crippen MR) is 71.0 cm³/mol. The second-order valence-corrected chi connectivity index (χ2v) is 4.06. The first-order chi connectivity index (χ1) is 9.70. The van der Waals surface area contributed by atoms with Gasteiger partial charge in [-0.2, -0.15) is 10.4 Å². The van der Waals surface area contributed by atoms with Crippen molar-refractivity contribution in [3.63, 3.8) is 0 Å². The molecular weight excluding hydrogens is 260 g/mol. The molecule has 0 radical (unpaired) electrons. The third-order valence-corrected chi connectivity index (χ3v) is 2.71. The Kier molecular flexibility index (Phi) is 4.24. The molecule has 1 aromatic carbocycles. The monoisotopic (exact) mass is 272 g/mol. The van der Waals surface area contributed by atoms with Gasteiger partial charge >= 0.3 is 0 Å². The van der Waals surface area contributed by atoms with Gasteiger partial charge in [0.15, 0.2) is 0 Å². The molecule has 0 spiro atoms. The average Bonchev–Trinajstić information content (AvgIpc) is 2.96. The lowest BCUT2D eigenvalue weighted by Gasteiger charge is -2.07. The molecular formula is C12H12N6O2. The van der Waals surface area contributed by atoms with E-state index in [0.717, 1.165) is 18.7 Å². The lowest BCUT2D eigenvalue weighted by atomic mass is 10.1. The topological polar surface area (TPSA) is 121 Å². The molecule has 0 unspecified atom stereocenters. The van der Waals surface area contributed by atoms with Crippen LogP contribution in [0.25, 0.3) is 0 Å². The number of nitriles is 1. The van der Waals surface area contributed by atoms with Gasteiger partial charge in [-0.25, -0.2) is 4.98 Å². The first-order valence-corrected chi connectivity index (χ1v) is 5.97. The summed E-state index contributed by atoms with van der Waals surface area (Å²) in [5.41, 5.74) is 0.767. The maximum Gasteiger partial charge on any atom is 0.270 e. The molecule has 0 saturated heterocycles.